The Labute approximate surface area is 116 Å². The van der Waals surface area contributed by atoms with Crippen LogP contribution in [-0.2, 0) is 20.7 Å². The molecule has 102 valence electrons. The van der Waals surface area contributed by atoms with Gasteiger partial charge in [0, 0.05) is 29.8 Å². The summed E-state index contributed by atoms with van der Waals surface area (Å²) in [4.78, 5) is 15.4. The van der Waals surface area contributed by atoms with Crippen LogP contribution in [0.2, 0.25) is 0 Å². The van der Waals surface area contributed by atoms with E-state index in [9.17, 15) is 4.79 Å². The van der Waals surface area contributed by atoms with Gasteiger partial charge in [-0.2, -0.15) is 0 Å². The quantitative estimate of drug-likeness (QED) is 0.620. The van der Waals surface area contributed by atoms with Gasteiger partial charge in [0.15, 0.2) is 0 Å². The van der Waals surface area contributed by atoms with Crippen molar-refractivity contribution in [3.63, 3.8) is 0 Å². The Hall–Kier alpha value is -0.910. The molecule has 4 unspecified atom stereocenters. The van der Waals surface area contributed by atoms with E-state index >= 15 is 0 Å². The average molecular weight is 279 g/mol. The fourth-order valence-electron chi connectivity index (χ4n) is 3.58. The number of morpholine rings is 1. The molecule has 19 heavy (non-hydrogen) atoms. The molecule has 0 aromatic carbocycles. The largest absolute Gasteiger partial charge is 0.462 e. The Balaban J connectivity index is 1.36. The molecule has 4 nitrogen and oxygen atoms in total. The van der Waals surface area contributed by atoms with Crippen LogP contribution in [0.25, 0.3) is 0 Å². The third-order valence-corrected chi connectivity index (χ3v) is 5.45. The van der Waals surface area contributed by atoms with Crippen LogP contribution in [0.1, 0.15) is 17.7 Å². The SMILES string of the molecule is CN1C2CC(OC(=O)Cc3cccs3)CC1C1OC12. The van der Waals surface area contributed by atoms with Crippen molar-refractivity contribution in [1.82, 2.24) is 4.90 Å². The van der Waals surface area contributed by atoms with Gasteiger partial charge >= 0.3 is 5.97 Å². The van der Waals surface area contributed by atoms with Crippen molar-refractivity contribution >= 4 is 17.3 Å². The highest BCUT2D eigenvalue weighted by molar-refractivity contribution is 7.10. The van der Waals surface area contributed by atoms with E-state index in [0.29, 0.717) is 30.7 Å². The normalized spacial score (nSPS) is 39.9. The van der Waals surface area contributed by atoms with E-state index < -0.39 is 0 Å². The van der Waals surface area contributed by atoms with Crippen molar-refractivity contribution in [3.8, 4) is 0 Å². The van der Waals surface area contributed by atoms with Crippen LogP contribution in [0.3, 0.4) is 0 Å². The number of piperidine rings is 1. The number of epoxide rings is 1. The zero-order chi connectivity index (χ0) is 13.0. The molecule has 0 spiro atoms. The standard InChI is InChI=1S/C14H17NO3S/c1-15-10-5-8(6-11(15)14-13(10)18-14)17-12(16)7-9-3-2-4-19-9/h2-4,8,10-11,13-14H,5-7H2,1H3. The molecule has 1 aromatic heterocycles. The number of thiophene rings is 1. The van der Waals surface area contributed by atoms with Crippen molar-refractivity contribution < 1.29 is 14.3 Å². The van der Waals surface area contributed by atoms with Crippen LogP contribution < -0.4 is 0 Å². The lowest BCUT2D eigenvalue weighted by Gasteiger charge is -2.37. The summed E-state index contributed by atoms with van der Waals surface area (Å²) < 4.78 is 11.3. The van der Waals surface area contributed by atoms with Crippen LogP contribution in [0.15, 0.2) is 17.5 Å². The van der Waals surface area contributed by atoms with Crippen LogP contribution in [0.4, 0.5) is 0 Å². The first-order valence-corrected chi connectivity index (χ1v) is 7.69. The zero-order valence-corrected chi connectivity index (χ0v) is 11.6. The summed E-state index contributed by atoms with van der Waals surface area (Å²) in [5.74, 6) is -0.0917. The first-order chi connectivity index (χ1) is 9.22. The molecule has 0 radical (unpaired) electrons. The topological polar surface area (TPSA) is 42.1 Å². The first kappa shape index (κ1) is 11.9. The van der Waals surface area contributed by atoms with E-state index in [0.717, 1.165) is 17.7 Å². The number of esters is 1. The second kappa shape index (κ2) is 4.30. The number of fused-ring (bicyclic) bond motifs is 5. The van der Waals surface area contributed by atoms with Gasteiger partial charge in [0.05, 0.1) is 6.42 Å². The fourth-order valence-corrected chi connectivity index (χ4v) is 4.27. The molecule has 5 heteroatoms. The fraction of sp³-hybridized carbons (Fsp3) is 0.643. The van der Waals surface area contributed by atoms with Crippen molar-refractivity contribution in [2.45, 2.75) is 49.7 Å². The minimum Gasteiger partial charge on any atom is -0.462 e. The van der Waals surface area contributed by atoms with E-state index in [2.05, 4.69) is 11.9 Å². The number of ether oxygens (including phenoxy) is 2. The van der Waals surface area contributed by atoms with E-state index in [4.69, 9.17) is 9.47 Å². The van der Waals surface area contributed by atoms with Crippen LogP contribution >= 0.6 is 11.3 Å². The molecule has 3 aliphatic heterocycles. The third-order valence-electron chi connectivity index (χ3n) is 4.57. The predicted molar refractivity (Wildman–Crippen MR) is 71.1 cm³/mol. The number of hydrogen-bond acceptors (Lipinski definition) is 5. The Kier molecular flexibility index (Phi) is 2.69. The molecule has 3 fully saturated rings. The summed E-state index contributed by atoms with van der Waals surface area (Å²) in [6, 6.07) is 4.84. The molecule has 2 bridgehead atoms. The highest BCUT2D eigenvalue weighted by atomic mass is 32.1. The van der Waals surface area contributed by atoms with Crippen molar-refractivity contribution in [2.75, 3.05) is 7.05 Å². The number of likely N-dealkylation sites (N-methyl/N-ethyl adjacent to an activating group) is 1. The maximum atomic E-state index is 11.9. The average Bonchev–Trinajstić information content (AvgIpc) is 2.96. The molecule has 0 amide bonds. The Bertz CT molecular complexity index is 471. The van der Waals surface area contributed by atoms with Crippen molar-refractivity contribution in [2.24, 2.45) is 0 Å². The van der Waals surface area contributed by atoms with Crippen molar-refractivity contribution in [1.29, 1.82) is 0 Å². The summed E-state index contributed by atoms with van der Waals surface area (Å²) in [7, 11) is 2.16. The number of nitrogens with zero attached hydrogens (tertiary/aromatic N) is 1. The van der Waals surface area contributed by atoms with Gasteiger partial charge in [-0.3, -0.25) is 9.69 Å². The second-order valence-electron chi connectivity index (χ2n) is 5.70. The molecule has 0 saturated carbocycles. The zero-order valence-electron chi connectivity index (χ0n) is 10.8. The maximum absolute atomic E-state index is 11.9. The lowest BCUT2D eigenvalue weighted by Crippen LogP contribution is -2.47. The molecule has 0 aliphatic carbocycles. The van der Waals surface area contributed by atoms with Gasteiger partial charge in [-0.1, -0.05) is 6.07 Å². The van der Waals surface area contributed by atoms with Gasteiger partial charge in [-0.25, -0.2) is 0 Å². The van der Waals surface area contributed by atoms with Crippen molar-refractivity contribution in [3.05, 3.63) is 22.4 Å². The van der Waals surface area contributed by atoms with Gasteiger partial charge in [-0.15, -0.1) is 11.3 Å². The molecular weight excluding hydrogens is 262 g/mol. The Morgan fingerprint density at radius 2 is 2.21 bits per heavy atom. The summed E-state index contributed by atoms with van der Waals surface area (Å²) in [5.41, 5.74) is 0. The van der Waals surface area contributed by atoms with Crippen LogP contribution in [0, 0.1) is 0 Å². The first-order valence-electron chi connectivity index (χ1n) is 6.81. The van der Waals surface area contributed by atoms with E-state index in [1.807, 2.05) is 17.5 Å². The molecule has 4 heterocycles. The third kappa shape index (κ3) is 2.00. The Morgan fingerprint density at radius 1 is 1.47 bits per heavy atom. The highest BCUT2D eigenvalue weighted by Crippen LogP contribution is 2.47. The number of rotatable bonds is 3. The molecule has 3 saturated heterocycles. The Morgan fingerprint density at radius 3 is 2.84 bits per heavy atom. The number of carbonyl (C=O) groups excluding carboxylic acids is 1. The molecule has 4 rings (SSSR count). The molecule has 0 N–H and O–H groups in total. The van der Waals surface area contributed by atoms with E-state index in [1.165, 1.54) is 0 Å². The molecule has 4 atom stereocenters. The summed E-state index contributed by atoms with van der Waals surface area (Å²) in [6.07, 6.45) is 3.12. The summed E-state index contributed by atoms with van der Waals surface area (Å²) >= 11 is 1.61. The van der Waals surface area contributed by atoms with Gasteiger partial charge in [-0.05, 0) is 18.5 Å². The predicted octanol–water partition coefficient (Wildman–Crippen LogP) is 1.45. The van der Waals surface area contributed by atoms with Gasteiger partial charge in [0.25, 0.3) is 0 Å². The second-order valence-corrected chi connectivity index (χ2v) is 6.74. The summed E-state index contributed by atoms with van der Waals surface area (Å²) in [5, 5.41) is 1.99. The van der Waals surface area contributed by atoms with E-state index in [1.54, 1.807) is 11.3 Å². The lowest BCUT2D eigenvalue weighted by molar-refractivity contribution is -0.152. The smallest absolute Gasteiger partial charge is 0.311 e. The van der Waals surface area contributed by atoms with E-state index in [-0.39, 0.29) is 12.1 Å². The monoisotopic (exact) mass is 279 g/mol. The van der Waals surface area contributed by atoms with Crippen LogP contribution in [-0.4, -0.2) is 48.3 Å². The van der Waals surface area contributed by atoms with Crippen LogP contribution in [0.5, 0.6) is 0 Å². The highest BCUT2D eigenvalue weighted by Gasteiger charge is 2.62. The maximum Gasteiger partial charge on any atom is 0.311 e. The van der Waals surface area contributed by atoms with Gasteiger partial charge in [0.2, 0.25) is 0 Å². The van der Waals surface area contributed by atoms with Gasteiger partial charge in [0.1, 0.15) is 18.3 Å². The van der Waals surface area contributed by atoms with Gasteiger partial charge < -0.3 is 9.47 Å². The summed E-state index contributed by atoms with van der Waals surface area (Å²) in [6.45, 7) is 0. The minimum atomic E-state index is -0.0917. The number of carbonyl (C=O) groups is 1. The molecular formula is C14H17NO3S. The minimum absolute atomic E-state index is 0.0788. The lowest BCUT2D eigenvalue weighted by atomic mass is 9.99. The molecule has 3 aliphatic rings. The number of hydrogen-bond donors (Lipinski definition) is 0. The molecule has 1 aromatic rings.